The molecule has 0 saturated carbocycles. The maximum atomic E-state index is 10.5. The minimum atomic E-state index is -1.35. The van der Waals surface area contributed by atoms with Crippen LogP contribution in [0, 0.1) is 0 Å². The number of hydrogen-bond acceptors (Lipinski definition) is 12. The molecule has 2 aromatic heterocycles. The van der Waals surface area contributed by atoms with Crippen LogP contribution in [-0.4, -0.2) is 80.2 Å². The molecule has 6 N–H and O–H groups in total. The largest absolute Gasteiger partial charge is 0.493 e. The Balaban J connectivity index is 1.68. The molecule has 1 aliphatic rings. The number of aliphatic hydroxyl groups is 3. The molecule has 32 heavy (non-hydrogen) atoms. The Hall–Kier alpha value is -3.52. The van der Waals surface area contributed by atoms with Gasteiger partial charge < -0.3 is 35.3 Å². The van der Waals surface area contributed by atoms with Crippen molar-refractivity contribution in [1.29, 1.82) is 0 Å². The molecule has 0 unspecified atom stereocenters. The van der Waals surface area contributed by atoms with Gasteiger partial charge in [0.15, 0.2) is 34.7 Å². The summed E-state index contributed by atoms with van der Waals surface area (Å²) in [5.74, 6) is 1.38. The molecule has 0 bridgehead atoms. The molecule has 170 valence electrons. The summed E-state index contributed by atoms with van der Waals surface area (Å²) in [5, 5.41) is 34.3. The summed E-state index contributed by atoms with van der Waals surface area (Å²) in [7, 11) is 3.08. The van der Waals surface area contributed by atoms with Gasteiger partial charge in [0.1, 0.15) is 24.6 Å². The van der Waals surface area contributed by atoms with Gasteiger partial charge in [-0.2, -0.15) is 5.10 Å². The van der Waals surface area contributed by atoms with Gasteiger partial charge in [-0.05, 0) is 23.8 Å². The van der Waals surface area contributed by atoms with E-state index < -0.39 is 31.1 Å². The van der Waals surface area contributed by atoms with E-state index >= 15 is 0 Å². The van der Waals surface area contributed by atoms with Gasteiger partial charge in [-0.25, -0.2) is 20.4 Å². The molecule has 0 spiro atoms. The van der Waals surface area contributed by atoms with Gasteiger partial charge in [0.05, 0.1) is 27.0 Å². The minimum absolute atomic E-state index is 0.118. The van der Waals surface area contributed by atoms with Crippen molar-refractivity contribution in [3.05, 3.63) is 30.1 Å². The molecule has 13 heteroatoms. The summed E-state index contributed by atoms with van der Waals surface area (Å²) in [5.41, 5.74) is 9.93. The average molecular weight is 445 g/mol. The fraction of sp³-hybridized carbons (Fsp3) is 0.368. The highest BCUT2D eigenvalue weighted by molar-refractivity contribution is 5.85. The van der Waals surface area contributed by atoms with Crippen LogP contribution in [-0.2, 0) is 4.74 Å². The summed E-state index contributed by atoms with van der Waals surface area (Å²) >= 11 is 0. The number of nitrogens with two attached hydrogens (primary N) is 1. The summed E-state index contributed by atoms with van der Waals surface area (Å²) in [6.45, 7) is -0.474. The van der Waals surface area contributed by atoms with Crippen molar-refractivity contribution in [1.82, 2.24) is 19.5 Å². The predicted octanol–water partition coefficient (Wildman–Crippen LogP) is -0.517. The smallest absolute Gasteiger partial charge is 0.228 e. The number of methoxy groups -OCH3 is 2. The molecule has 13 nitrogen and oxygen atoms in total. The van der Waals surface area contributed by atoms with Crippen LogP contribution in [0.1, 0.15) is 11.8 Å². The van der Waals surface area contributed by atoms with E-state index in [1.54, 1.807) is 25.3 Å². The lowest BCUT2D eigenvalue weighted by Gasteiger charge is -2.18. The van der Waals surface area contributed by atoms with E-state index in [1.807, 2.05) is 0 Å². The molecule has 3 aromatic rings. The van der Waals surface area contributed by atoms with Gasteiger partial charge in [-0.1, -0.05) is 0 Å². The van der Waals surface area contributed by atoms with Crippen molar-refractivity contribution < 1.29 is 29.5 Å². The summed E-state index contributed by atoms with van der Waals surface area (Å²) in [6.07, 6.45) is -1.96. The Labute approximate surface area is 182 Å². The minimum Gasteiger partial charge on any atom is -0.493 e. The molecule has 4 atom stereocenters. The van der Waals surface area contributed by atoms with Gasteiger partial charge in [0, 0.05) is 0 Å². The molecular weight excluding hydrogens is 422 g/mol. The second kappa shape index (κ2) is 8.92. The Morgan fingerprint density at radius 2 is 2.00 bits per heavy atom. The number of nitrogens with one attached hydrogen (secondary N) is 1. The number of fused-ring (bicyclic) bond motifs is 1. The van der Waals surface area contributed by atoms with Crippen LogP contribution in [0.4, 0.5) is 11.8 Å². The van der Waals surface area contributed by atoms with Gasteiger partial charge in [-0.15, -0.1) is 0 Å². The predicted molar refractivity (Wildman–Crippen MR) is 114 cm³/mol. The first-order valence-electron chi connectivity index (χ1n) is 9.60. The van der Waals surface area contributed by atoms with E-state index in [4.69, 9.17) is 19.9 Å². The number of rotatable bonds is 7. The lowest BCUT2D eigenvalue weighted by Crippen LogP contribution is -2.33. The standard InChI is InChI=1S/C19H23N7O6/c1-30-10-4-3-9(5-11(10)31-2)6-23-25-19-24-13-16(20)21-8-22-17(13)26(19)18-15(29)14(28)12(7-27)32-18/h3-6,8,12,14-15,18,27-29H,7H2,1-2H3,(H,24,25)(H2,20,21,22)/t12-,14+,15+,18-/m0/s1. The molecule has 0 amide bonds. The lowest BCUT2D eigenvalue weighted by atomic mass is 10.1. The van der Waals surface area contributed by atoms with Gasteiger partial charge in [0.2, 0.25) is 5.95 Å². The zero-order valence-corrected chi connectivity index (χ0v) is 17.3. The summed E-state index contributed by atoms with van der Waals surface area (Å²) in [6, 6.07) is 5.26. The second-order valence-corrected chi connectivity index (χ2v) is 6.95. The van der Waals surface area contributed by atoms with Crippen LogP contribution in [0.2, 0.25) is 0 Å². The molecular formula is C19H23N7O6. The molecule has 1 aliphatic heterocycles. The Bertz CT molecular complexity index is 1140. The summed E-state index contributed by atoms with van der Waals surface area (Å²) < 4.78 is 17.5. The molecule has 0 aliphatic carbocycles. The van der Waals surface area contributed by atoms with E-state index in [9.17, 15) is 15.3 Å². The van der Waals surface area contributed by atoms with E-state index in [-0.39, 0.29) is 22.9 Å². The van der Waals surface area contributed by atoms with Gasteiger partial charge in [0.25, 0.3) is 0 Å². The number of aromatic nitrogens is 4. The molecule has 1 aromatic carbocycles. The highest BCUT2D eigenvalue weighted by Gasteiger charge is 2.45. The van der Waals surface area contributed by atoms with E-state index in [2.05, 4.69) is 25.5 Å². The maximum absolute atomic E-state index is 10.5. The molecule has 0 radical (unpaired) electrons. The highest BCUT2D eigenvalue weighted by atomic mass is 16.6. The van der Waals surface area contributed by atoms with Crippen molar-refractivity contribution in [2.45, 2.75) is 24.5 Å². The van der Waals surface area contributed by atoms with Crippen molar-refractivity contribution in [3.63, 3.8) is 0 Å². The van der Waals surface area contributed by atoms with Crippen molar-refractivity contribution in [3.8, 4) is 11.5 Å². The Morgan fingerprint density at radius 3 is 2.69 bits per heavy atom. The van der Waals surface area contributed by atoms with Crippen molar-refractivity contribution in [2.75, 3.05) is 32.0 Å². The molecule has 4 rings (SSSR count). The summed E-state index contributed by atoms with van der Waals surface area (Å²) in [4.78, 5) is 12.5. The van der Waals surface area contributed by atoms with E-state index in [0.29, 0.717) is 17.1 Å². The monoisotopic (exact) mass is 445 g/mol. The number of anilines is 2. The fourth-order valence-corrected chi connectivity index (χ4v) is 3.44. The van der Waals surface area contributed by atoms with Crippen molar-refractivity contribution in [2.24, 2.45) is 5.10 Å². The van der Waals surface area contributed by atoms with Gasteiger partial charge >= 0.3 is 0 Å². The van der Waals surface area contributed by atoms with Crippen LogP contribution in [0.5, 0.6) is 11.5 Å². The third-order valence-corrected chi connectivity index (χ3v) is 5.06. The first-order chi connectivity index (χ1) is 15.5. The third-order valence-electron chi connectivity index (χ3n) is 5.06. The van der Waals surface area contributed by atoms with Crippen LogP contribution < -0.4 is 20.6 Å². The van der Waals surface area contributed by atoms with Gasteiger partial charge in [-0.3, -0.25) is 4.57 Å². The SMILES string of the molecule is COc1ccc(C=NNc2nc3c(N)ncnc3n2[C@H]2O[C@@H](CO)[C@@H](O)[C@H]2O)cc1OC. The molecule has 1 saturated heterocycles. The average Bonchev–Trinajstić information content (AvgIpc) is 3.31. The van der Waals surface area contributed by atoms with Crippen molar-refractivity contribution >= 4 is 29.1 Å². The Morgan fingerprint density at radius 1 is 1.22 bits per heavy atom. The van der Waals surface area contributed by atoms with E-state index in [1.165, 1.54) is 24.2 Å². The zero-order valence-electron chi connectivity index (χ0n) is 17.3. The third kappa shape index (κ3) is 3.78. The number of aliphatic hydroxyl groups excluding tert-OH is 3. The second-order valence-electron chi connectivity index (χ2n) is 6.95. The first kappa shape index (κ1) is 21.7. The number of hydrazone groups is 1. The lowest BCUT2D eigenvalue weighted by molar-refractivity contribution is -0.0501. The molecule has 3 heterocycles. The topological polar surface area (TPSA) is 182 Å². The number of benzene rings is 1. The van der Waals surface area contributed by atoms with Crippen LogP contribution in [0.3, 0.4) is 0 Å². The quantitative estimate of drug-likeness (QED) is 0.233. The number of nitrogen functional groups attached to an aromatic ring is 1. The molecule has 1 fully saturated rings. The van der Waals surface area contributed by atoms with Crippen LogP contribution in [0.15, 0.2) is 29.6 Å². The Kier molecular flexibility index (Phi) is 6.05. The van der Waals surface area contributed by atoms with E-state index in [0.717, 1.165) is 0 Å². The highest BCUT2D eigenvalue weighted by Crippen LogP contribution is 2.35. The normalized spacial score (nSPS) is 23.2. The number of nitrogens with zero attached hydrogens (tertiary/aromatic N) is 5. The number of imidazole rings is 1. The zero-order chi connectivity index (χ0) is 22.8. The number of ether oxygens (including phenoxy) is 3. The fourth-order valence-electron chi connectivity index (χ4n) is 3.44. The first-order valence-corrected chi connectivity index (χ1v) is 9.60. The number of hydrogen-bond donors (Lipinski definition) is 5. The maximum Gasteiger partial charge on any atom is 0.228 e. The van der Waals surface area contributed by atoms with Crippen LogP contribution >= 0.6 is 0 Å². The van der Waals surface area contributed by atoms with Crippen LogP contribution in [0.25, 0.3) is 11.2 Å².